The minimum absolute atomic E-state index is 0.809. The SMILES string of the molecule is C\C=C/C=C(\C=C(/C)C1=CC=CCC=C1c1ccccc1N(C)C1=CC=CCC1)C(/CC)=C(/C=C\C)N(c1ccc(-c2ccc(-c3ccccc3)cc2)cc1)c1ccc(-c2ccc3ccccc3c2)cc1. The van der Waals surface area contributed by atoms with Crippen molar-refractivity contribution in [2.45, 2.75) is 53.4 Å². The molecule has 0 aromatic heterocycles. The first-order chi connectivity index (χ1) is 34.9. The van der Waals surface area contributed by atoms with E-state index in [1.165, 1.54) is 89.0 Å². The van der Waals surface area contributed by atoms with Crippen LogP contribution in [-0.4, -0.2) is 7.05 Å². The molecule has 0 saturated carbocycles. The number of allylic oxidation sites excluding steroid dienone is 19. The van der Waals surface area contributed by atoms with Crippen LogP contribution < -0.4 is 9.80 Å². The summed E-state index contributed by atoms with van der Waals surface area (Å²) in [5, 5.41) is 2.49. The molecule has 2 nitrogen and oxygen atoms in total. The van der Waals surface area contributed by atoms with Crippen LogP contribution in [0.15, 0.2) is 283 Å². The topological polar surface area (TPSA) is 6.48 Å². The molecule has 9 rings (SSSR count). The number of benzene rings is 7. The highest BCUT2D eigenvalue weighted by Gasteiger charge is 2.22. The molecule has 7 aromatic carbocycles. The van der Waals surface area contributed by atoms with E-state index >= 15 is 0 Å². The van der Waals surface area contributed by atoms with Crippen LogP contribution in [0.1, 0.15) is 58.9 Å². The van der Waals surface area contributed by atoms with Crippen molar-refractivity contribution < 1.29 is 0 Å². The molecule has 0 unspecified atom stereocenters. The van der Waals surface area contributed by atoms with Gasteiger partial charge in [-0.25, -0.2) is 0 Å². The predicted octanol–water partition coefficient (Wildman–Crippen LogP) is 19.3. The van der Waals surface area contributed by atoms with E-state index in [1.54, 1.807) is 0 Å². The Morgan fingerprint density at radius 1 is 0.592 bits per heavy atom. The van der Waals surface area contributed by atoms with Gasteiger partial charge in [0, 0.05) is 41.1 Å². The van der Waals surface area contributed by atoms with Crippen LogP contribution >= 0.6 is 0 Å². The Morgan fingerprint density at radius 3 is 1.83 bits per heavy atom. The molecule has 0 saturated heterocycles. The summed E-state index contributed by atoms with van der Waals surface area (Å²) in [6.07, 6.45) is 33.1. The van der Waals surface area contributed by atoms with Crippen molar-refractivity contribution in [1.82, 2.24) is 0 Å². The maximum Gasteiger partial charge on any atom is 0.0496 e. The third-order valence-corrected chi connectivity index (χ3v) is 13.6. The van der Waals surface area contributed by atoms with Crippen molar-refractivity contribution in [3.63, 3.8) is 0 Å². The third-order valence-electron chi connectivity index (χ3n) is 13.6. The van der Waals surface area contributed by atoms with Gasteiger partial charge in [0.25, 0.3) is 0 Å². The van der Waals surface area contributed by atoms with Crippen molar-refractivity contribution in [1.29, 1.82) is 0 Å². The monoisotopic (exact) mass is 921 g/mol. The molecule has 2 aliphatic carbocycles. The van der Waals surface area contributed by atoms with E-state index < -0.39 is 0 Å². The second kappa shape index (κ2) is 22.9. The standard InChI is InChI=1S/C69H64N2/c1-6-9-24-60(49-51(4)65-31-17-12-18-32-66(65)67-33-21-22-34-68(67)70(5)61-29-15-11-16-30-61)64(8-3)69(23-7-2)71(63-47-43-57(44-48-63)59-40-39-53-27-19-20-28-58(53)50-59)62-45-41-56(42-46-62)55-37-35-54(36-38-55)52-25-13-10-14-26-52/h6-7,9-15,17,19-29,31-50H,8,16,18,30H2,1-5H3/b9-6-,23-7-,51-49+,60-24+,69-64-. The number of hydrogen-bond donors (Lipinski definition) is 0. The van der Waals surface area contributed by atoms with Gasteiger partial charge in [-0.15, -0.1) is 0 Å². The lowest BCUT2D eigenvalue weighted by molar-refractivity contribution is 0.895. The molecule has 0 atom stereocenters. The minimum atomic E-state index is 0.809. The van der Waals surface area contributed by atoms with Gasteiger partial charge in [-0.05, 0) is 167 Å². The number of para-hydroxylation sites is 1. The Labute approximate surface area is 423 Å². The fourth-order valence-electron chi connectivity index (χ4n) is 9.88. The van der Waals surface area contributed by atoms with E-state index in [-0.39, 0.29) is 0 Å². The molecule has 0 amide bonds. The number of anilines is 3. The van der Waals surface area contributed by atoms with Gasteiger partial charge in [-0.2, -0.15) is 0 Å². The number of hydrogen-bond acceptors (Lipinski definition) is 2. The van der Waals surface area contributed by atoms with Crippen molar-refractivity contribution in [2.75, 3.05) is 16.8 Å². The third kappa shape index (κ3) is 11.0. The highest BCUT2D eigenvalue weighted by molar-refractivity contribution is 5.91. The van der Waals surface area contributed by atoms with Crippen LogP contribution in [0.25, 0.3) is 49.7 Å². The van der Waals surface area contributed by atoms with Gasteiger partial charge >= 0.3 is 0 Å². The molecular weight excluding hydrogens is 857 g/mol. The van der Waals surface area contributed by atoms with Gasteiger partial charge in [0.1, 0.15) is 0 Å². The summed E-state index contributed by atoms with van der Waals surface area (Å²) in [6, 6.07) is 61.9. The average molecular weight is 921 g/mol. The van der Waals surface area contributed by atoms with Gasteiger partial charge in [-0.3, -0.25) is 0 Å². The van der Waals surface area contributed by atoms with Crippen LogP contribution in [-0.2, 0) is 0 Å². The molecule has 0 N–H and O–H groups in total. The molecule has 2 heteroatoms. The highest BCUT2D eigenvalue weighted by Crippen LogP contribution is 2.41. The van der Waals surface area contributed by atoms with Crippen LogP contribution in [0.4, 0.5) is 17.1 Å². The molecule has 7 aromatic rings. The van der Waals surface area contributed by atoms with Gasteiger partial charge in [0.2, 0.25) is 0 Å². The normalized spacial score (nSPS) is 14.6. The number of nitrogens with zero attached hydrogens (tertiary/aromatic N) is 2. The smallest absolute Gasteiger partial charge is 0.0496 e. The average Bonchev–Trinajstić information content (AvgIpc) is 3.70. The maximum absolute atomic E-state index is 2.44. The van der Waals surface area contributed by atoms with E-state index in [1.807, 2.05) is 0 Å². The lowest BCUT2D eigenvalue weighted by Gasteiger charge is -2.30. The first-order valence-corrected chi connectivity index (χ1v) is 25.2. The van der Waals surface area contributed by atoms with Crippen molar-refractivity contribution >= 4 is 33.4 Å². The Kier molecular flexibility index (Phi) is 15.5. The first-order valence-electron chi connectivity index (χ1n) is 25.2. The summed E-state index contributed by atoms with van der Waals surface area (Å²) < 4.78 is 0. The van der Waals surface area contributed by atoms with Crippen LogP contribution in [0.5, 0.6) is 0 Å². The van der Waals surface area contributed by atoms with E-state index in [9.17, 15) is 0 Å². The van der Waals surface area contributed by atoms with Crippen molar-refractivity contribution in [3.8, 4) is 33.4 Å². The predicted molar refractivity (Wildman–Crippen MR) is 309 cm³/mol. The molecule has 71 heavy (non-hydrogen) atoms. The van der Waals surface area contributed by atoms with Crippen molar-refractivity contribution in [3.05, 3.63) is 288 Å². The quantitative estimate of drug-likeness (QED) is 0.0946. The zero-order valence-corrected chi connectivity index (χ0v) is 41.9. The lowest BCUT2D eigenvalue weighted by Crippen LogP contribution is -2.18. The fraction of sp³-hybridized carbons (Fsp3) is 0.130. The zero-order valence-electron chi connectivity index (χ0n) is 41.9. The van der Waals surface area contributed by atoms with Crippen LogP contribution in [0.3, 0.4) is 0 Å². The second-order valence-corrected chi connectivity index (χ2v) is 18.2. The Bertz CT molecular complexity index is 3300. The van der Waals surface area contributed by atoms with E-state index in [0.717, 1.165) is 42.8 Å². The maximum atomic E-state index is 2.44. The Morgan fingerprint density at radius 2 is 1.18 bits per heavy atom. The van der Waals surface area contributed by atoms with Crippen LogP contribution in [0.2, 0.25) is 0 Å². The molecule has 350 valence electrons. The molecule has 0 aliphatic heterocycles. The van der Waals surface area contributed by atoms with E-state index in [0.29, 0.717) is 0 Å². The summed E-state index contributed by atoms with van der Waals surface area (Å²) in [4.78, 5) is 4.82. The van der Waals surface area contributed by atoms with E-state index in [4.69, 9.17) is 0 Å². The fourth-order valence-corrected chi connectivity index (χ4v) is 9.88. The molecule has 0 radical (unpaired) electrons. The zero-order chi connectivity index (χ0) is 48.9. The second-order valence-electron chi connectivity index (χ2n) is 18.2. The molecule has 2 aliphatic rings. The summed E-state index contributed by atoms with van der Waals surface area (Å²) in [6.45, 7) is 8.79. The number of fused-ring (bicyclic) bond motifs is 1. The molecule has 0 spiro atoms. The summed E-state index contributed by atoms with van der Waals surface area (Å²) >= 11 is 0. The van der Waals surface area contributed by atoms with Crippen molar-refractivity contribution in [2.24, 2.45) is 0 Å². The number of rotatable bonds is 15. The van der Waals surface area contributed by atoms with Gasteiger partial charge in [0.05, 0.1) is 0 Å². The largest absolute Gasteiger partial charge is 0.348 e. The lowest BCUT2D eigenvalue weighted by atomic mass is 9.88. The molecular formula is C69H64N2. The molecule has 0 bridgehead atoms. The first kappa shape index (κ1) is 47.8. The summed E-state index contributed by atoms with van der Waals surface area (Å²) in [5.41, 5.74) is 20.4. The summed E-state index contributed by atoms with van der Waals surface area (Å²) in [5.74, 6) is 0. The molecule has 0 heterocycles. The molecule has 0 fully saturated rings. The minimum Gasteiger partial charge on any atom is -0.348 e. The summed E-state index contributed by atoms with van der Waals surface area (Å²) in [7, 11) is 2.21. The Balaban J connectivity index is 1.14. The van der Waals surface area contributed by atoms with E-state index in [2.05, 4.69) is 293 Å². The highest BCUT2D eigenvalue weighted by atomic mass is 15.1. The van der Waals surface area contributed by atoms with Gasteiger partial charge < -0.3 is 9.80 Å². The van der Waals surface area contributed by atoms with Crippen LogP contribution in [0, 0.1) is 0 Å². The Hall–Kier alpha value is -8.20. The van der Waals surface area contributed by atoms with Gasteiger partial charge in [0.15, 0.2) is 0 Å². The van der Waals surface area contributed by atoms with Gasteiger partial charge in [-0.1, -0.05) is 207 Å².